The highest BCUT2D eigenvalue weighted by molar-refractivity contribution is 5.79. The minimum atomic E-state index is 0.0385. The van der Waals surface area contributed by atoms with Crippen molar-refractivity contribution in [3.05, 3.63) is 0 Å². The van der Waals surface area contributed by atoms with E-state index in [-0.39, 0.29) is 17.9 Å². The summed E-state index contributed by atoms with van der Waals surface area (Å²) in [5.74, 6) is 0.204. The molecule has 4 nitrogen and oxygen atoms in total. The quantitative estimate of drug-likeness (QED) is 0.732. The fourth-order valence-electron chi connectivity index (χ4n) is 2.64. The minimum absolute atomic E-state index is 0.0385. The van der Waals surface area contributed by atoms with Gasteiger partial charge in [-0.05, 0) is 25.7 Å². The first-order valence-electron chi connectivity index (χ1n) is 6.41. The van der Waals surface area contributed by atoms with E-state index < -0.39 is 0 Å². The van der Waals surface area contributed by atoms with Crippen LogP contribution < -0.4 is 11.1 Å². The Labute approximate surface area is 96.9 Å². The molecule has 4 heteroatoms. The molecular formula is C12H22N2O2. The fourth-order valence-corrected chi connectivity index (χ4v) is 2.64. The van der Waals surface area contributed by atoms with Crippen molar-refractivity contribution in [3.8, 4) is 0 Å². The highest BCUT2D eigenvalue weighted by Gasteiger charge is 2.29. The second kappa shape index (κ2) is 5.64. The molecule has 0 aromatic rings. The third kappa shape index (κ3) is 2.95. The molecule has 1 saturated heterocycles. The molecule has 0 radical (unpaired) electrons. The van der Waals surface area contributed by atoms with Crippen LogP contribution in [-0.4, -0.2) is 31.2 Å². The predicted octanol–water partition coefficient (Wildman–Crippen LogP) is 0.799. The van der Waals surface area contributed by atoms with Gasteiger partial charge in [-0.15, -0.1) is 0 Å². The van der Waals surface area contributed by atoms with Crippen LogP contribution in [0.4, 0.5) is 0 Å². The van der Waals surface area contributed by atoms with Crippen molar-refractivity contribution in [1.82, 2.24) is 5.32 Å². The van der Waals surface area contributed by atoms with Gasteiger partial charge in [-0.25, -0.2) is 0 Å². The van der Waals surface area contributed by atoms with Gasteiger partial charge in [0.1, 0.15) is 0 Å². The molecule has 0 spiro atoms. The maximum atomic E-state index is 12.0. The normalized spacial score (nSPS) is 32.3. The molecular weight excluding hydrogens is 204 g/mol. The Bertz CT molecular complexity index is 239. The van der Waals surface area contributed by atoms with E-state index in [0.29, 0.717) is 6.04 Å². The number of rotatable bonds is 2. The highest BCUT2D eigenvalue weighted by atomic mass is 16.5. The maximum Gasteiger partial charge on any atom is 0.224 e. The van der Waals surface area contributed by atoms with Gasteiger partial charge in [-0.3, -0.25) is 4.79 Å². The molecule has 1 aliphatic heterocycles. The molecule has 3 N–H and O–H groups in total. The molecule has 2 fully saturated rings. The Morgan fingerprint density at radius 2 is 1.81 bits per heavy atom. The molecule has 1 amide bonds. The van der Waals surface area contributed by atoms with Crippen LogP contribution in [0.5, 0.6) is 0 Å². The molecule has 2 atom stereocenters. The first-order valence-corrected chi connectivity index (χ1v) is 6.41. The van der Waals surface area contributed by atoms with Gasteiger partial charge in [0.05, 0.1) is 5.92 Å². The van der Waals surface area contributed by atoms with Gasteiger partial charge < -0.3 is 15.8 Å². The lowest BCUT2D eigenvalue weighted by molar-refractivity contribution is -0.127. The average molecular weight is 226 g/mol. The van der Waals surface area contributed by atoms with Crippen LogP contribution in [0.2, 0.25) is 0 Å². The molecule has 2 aliphatic rings. The summed E-state index contributed by atoms with van der Waals surface area (Å²) < 4.78 is 5.27. The van der Waals surface area contributed by atoms with E-state index in [0.717, 1.165) is 45.3 Å². The maximum absolute atomic E-state index is 12.0. The number of hydrogen-bond donors (Lipinski definition) is 2. The molecule has 92 valence electrons. The Balaban J connectivity index is 1.81. The van der Waals surface area contributed by atoms with Crippen LogP contribution in [0.1, 0.15) is 38.5 Å². The summed E-state index contributed by atoms with van der Waals surface area (Å²) in [6.07, 6.45) is 6.13. The number of amides is 1. The monoisotopic (exact) mass is 226 g/mol. The van der Waals surface area contributed by atoms with E-state index in [9.17, 15) is 4.79 Å². The molecule has 0 aromatic heterocycles. The molecule has 1 heterocycles. The lowest BCUT2D eigenvalue weighted by Crippen LogP contribution is -2.48. The summed E-state index contributed by atoms with van der Waals surface area (Å²) in [4.78, 5) is 12.0. The van der Waals surface area contributed by atoms with E-state index in [1.165, 1.54) is 6.42 Å². The molecule has 2 rings (SSSR count). The van der Waals surface area contributed by atoms with E-state index in [1.807, 2.05) is 0 Å². The number of carbonyl (C=O) groups is 1. The van der Waals surface area contributed by atoms with Crippen LogP contribution >= 0.6 is 0 Å². The van der Waals surface area contributed by atoms with Crippen LogP contribution in [0.3, 0.4) is 0 Å². The number of nitrogens with one attached hydrogen (secondary N) is 1. The van der Waals surface area contributed by atoms with E-state index in [4.69, 9.17) is 10.5 Å². The van der Waals surface area contributed by atoms with E-state index >= 15 is 0 Å². The largest absolute Gasteiger partial charge is 0.381 e. The van der Waals surface area contributed by atoms with Gasteiger partial charge in [0.25, 0.3) is 0 Å². The second-order valence-electron chi connectivity index (χ2n) is 4.95. The van der Waals surface area contributed by atoms with Gasteiger partial charge in [-0.2, -0.15) is 0 Å². The van der Waals surface area contributed by atoms with Crippen molar-refractivity contribution in [2.24, 2.45) is 11.7 Å². The molecule has 1 aliphatic carbocycles. The van der Waals surface area contributed by atoms with E-state index in [1.54, 1.807) is 0 Å². The summed E-state index contributed by atoms with van der Waals surface area (Å²) in [5.41, 5.74) is 6.00. The molecule has 0 bridgehead atoms. The van der Waals surface area contributed by atoms with Gasteiger partial charge in [0.2, 0.25) is 5.91 Å². The Hall–Kier alpha value is -0.610. The average Bonchev–Trinajstić information content (AvgIpc) is 2.31. The number of nitrogens with two attached hydrogens (primary N) is 1. The van der Waals surface area contributed by atoms with Crippen LogP contribution in [0, 0.1) is 5.92 Å². The summed E-state index contributed by atoms with van der Waals surface area (Å²) in [6, 6.07) is 0.365. The van der Waals surface area contributed by atoms with Crippen molar-refractivity contribution in [1.29, 1.82) is 0 Å². The van der Waals surface area contributed by atoms with Crippen LogP contribution in [0.15, 0.2) is 0 Å². The highest BCUT2D eigenvalue weighted by Crippen LogP contribution is 2.23. The summed E-state index contributed by atoms with van der Waals surface area (Å²) in [7, 11) is 0. The smallest absolute Gasteiger partial charge is 0.224 e. The first-order chi connectivity index (χ1) is 7.77. The van der Waals surface area contributed by atoms with Crippen molar-refractivity contribution < 1.29 is 9.53 Å². The summed E-state index contributed by atoms with van der Waals surface area (Å²) in [5, 5.41) is 3.12. The van der Waals surface area contributed by atoms with Crippen molar-refractivity contribution in [3.63, 3.8) is 0 Å². The molecule has 2 unspecified atom stereocenters. The standard InChI is InChI=1S/C12H22N2O2/c13-11-4-2-1-3-10(11)12(15)14-9-5-7-16-8-6-9/h9-11H,1-8,13H2,(H,14,15). The minimum Gasteiger partial charge on any atom is -0.381 e. The zero-order chi connectivity index (χ0) is 11.4. The van der Waals surface area contributed by atoms with Gasteiger partial charge >= 0.3 is 0 Å². The first kappa shape index (κ1) is 11.9. The van der Waals surface area contributed by atoms with Crippen molar-refractivity contribution >= 4 is 5.91 Å². The third-order valence-corrected chi connectivity index (χ3v) is 3.72. The Morgan fingerprint density at radius 3 is 2.50 bits per heavy atom. The van der Waals surface area contributed by atoms with Crippen molar-refractivity contribution in [2.75, 3.05) is 13.2 Å². The molecule has 0 aromatic carbocycles. The summed E-state index contributed by atoms with van der Waals surface area (Å²) >= 11 is 0. The zero-order valence-electron chi connectivity index (χ0n) is 9.78. The number of hydrogen-bond acceptors (Lipinski definition) is 3. The zero-order valence-corrected chi connectivity index (χ0v) is 9.78. The van der Waals surface area contributed by atoms with E-state index in [2.05, 4.69) is 5.32 Å². The summed E-state index contributed by atoms with van der Waals surface area (Å²) in [6.45, 7) is 1.53. The lowest BCUT2D eigenvalue weighted by Gasteiger charge is -2.30. The predicted molar refractivity (Wildman–Crippen MR) is 61.9 cm³/mol. The third-order valence-electron chi connectivity index (χ3n) is 3.72. The molecule has 16 heavy (non-hydrogen) atoms. The Kier molecular flexibility index (Phi) is 4.18. The van der Waals surface area contributed by atoms with Gasteiger partial charge in [0, 0.05) is 25.3 Å². The van der Waals surface area contributed by atoms with Gasteiger partial charge in [-0.1, -0.05) is 12.8 Å². The SMILES string of the molecule is NC1CCCCC1C(=O)NC1CCOCC1. The number of ether oxygens (including phenoxy) is 1. The van der Waals surface area contributed by atoms with Gasteiger partial charge in [0.15, 0.2) is 0 Å². The Morgan fingerprint density at radius 1 is 1.12 bits per heavy atom. The van der Waals surface area contributed by atoms with Crippen LogP contribution in [0.25, 0.3) is 0 Å². The second-order valence-corrected chi connectivity index (χ2v) is 4.95. The lowest BCUT2D eigenvalue weighted by atomic mass is 9.84. The molecule has 1 saturated carbocycles. The van der Waals surface area contributed by atoms with Crippen LogP contribution in [-0.2, 0) is 9.53 Å². The number of carbonyl (C=O) groups excluding carboxylic acids is 1. The van der Waals surface area contributed by atoms with Crippen molar-refractivity contribution in [2.45, 2.75) is 50.6 Å². The fraction of sp³-hybridized carbons (Fsp3) is 0.917. The topological polar surface area (TPSA) is 64.4 Å².